The van der Waals surface area contributed by atoms with E-state index >= 15 is 0 Å². The standard InChI is InChI=1S/C24H28N4/c1-3-24-25-14-19(15-26-24)16-28-12-6-9-21(17-28)23-11-5-10-22(27-23)20-8-4-7-18(2)13-20/h4-5,7-8,10-11,13-15,21H,3,6,9,12,16-17H2,1-2H3/t21-/m1/s1. The molecule has 0 spiro atoms. The van der Waals surface area contributed by atoms with E-state index in [2.05, 4.69) is 71.2 Å². The molecule has 0 bridgehead atoms. The van der Waals surface area contributed by atoms with Crippen molar-refractivity contribution in [2.45, 2.75) is 45.6 Å². The maximum atomic E-state index is 5.02. The molecule has 0 N–H and O–H groups in total. The summed E-state index contributed by atoms with van der Waals surface area (Å²) in [6.45, 7) is 7.30. The van der Waals surface area contributed by atoms with Gasteiger partial charge in [0.15, 0.2) is 0 Å². The third-order valence-electron chi connectivity index (χ3n) is 5.49. The van der Waals surface area contributed by atoms with Gasteiger partial charge in [-0.1, -0.05) is 36.8 Å². The lowest BCUT2D eigenvalue weighted by atomic mass is 9.93. The molecule has 1 aliphatic rings. The molecule has 144 valence electrons. The Morgan fingerprint density at radius 1 is 1.07 bits per heavy atom. The zero-order valence-corrected chi connectivity index (χ0v) is 16.8. The highest BCUT2D eigenvalue weighted by Gasteiger charge is 2.23. The number of piperidine rings is 1. The van der Waals surface area contributed by atoms with Crippen molar-refractivity contribution in [1.82, 2.24) is 19.9 Å². The van der Waals surface area contributed by atoms with Gasteiger partial charge in [-0.2, -0.15) is 0 Å². The van der Waals surface area contributed by atoms with Crippen molar-refractivity contribution in [3.8, 4) is 11.3 Å². The number of pyridine rings is 1. The number of hydrogen-bond acceptors (Lipinski definition) is 4. The second kappa shape index (κ2) is 8.61. The smallest absolute Gasteiger partial charge is 0.127 e. The summed E-state index contributed by atoms with van der Waals surface area (Å²) < 4.78 is 0. The zero-order valence-electron chi connectivity index (χ0n) is 16.8. The van der Waals surface area contributed by atoms with Crippen LogP contribution >= 0.6 is 0 Å². The molecule has 1 saturated heterocycles. The Morgan fingerprint density at radius 3 is 2.68 bits per heavy atom. The number of hydrogen-bond donors (Lipinski definition) is 0. The Kier molecular flexibility index (Phi) is 5.77. The van der Waals surface area contributed by atoms with Crippen LogP contribution in [0.25, 0.3) is 11.3 Å². The summed E-state index contributed by atoms with van der Waals surface area (Å²) in [6.07, 6.45) is 7.24. The lowest BCUT2D eigenvalue weighted by Gasteiger charge is -2.32. The van der Waals surface area contributed by atoms with Crippen LogP contribution in [0.15, 0.2) is 54.9 Å². The van der Waals surface area contributed by atoms with E-state index in [-0.39, 0.29) is 0 Å². The van der Waals surface area contributed by atoms with E-state index in [0.717, 1.165) is 37.6 Å². The van der Waals surface area contributed by atoms with Gasteiger partial charge in [0.05, 0.1) is 5.69 Å². The van der Waals surface area contributed by atoms with Crippen LogP contribution in [0.1, 0.15) is 48.3 Å². The van der Waals surface area contributed by atoms with Crippen molar-refractivity contribution < 1.29 is 0 Å². The van der Waals surface area contributed by atoms with Crippen molar-refractivity contribution in [3.05, 3.63) is 77.5 Å². The maximum absolute atomic E-state index is 5.02. The Hall–Kier alpha value is -2.59. The number of benzene rings is 1. The molecule has 0 saturated carbocycles. The average Bonchev–Trinajstić information content (AvgIpc) is 2.75. The second-order valence-electron chi connectivity index (χ2n) is 7.75. The van der Waals surface area contributed by atoms with Crippen molar-refractivity contribution >= 4 is 0 Å². The Balaban J connectivity index is 1.47. The zero-order chi connectivity index (χ0) is 19.3. The summed E-state index contributed by atoms with van der Waals surface area (Å²) in [7, 11) is 0. The summed E-state index contributed by atoms with van der Waals surface area (Å²) in [6, 6.07) is 15.0. The number of aryl methyl sites for hydroxylation is 2. The summed E-state index contributed by atoms with van der Waals surface area (Å²) in [5, 5.41) is 0. The van der Waals surface area contributed by atoms with Crippen molar-refractivity contribution in [2.24, 2.45) is 0 Å². The molecule has 0 unspecified atom stereocenters. The first-order valence-electron chi connectivity index (χ1n) is 10.3. The maximum Gasteiger partial charge on any atom is 0.127 e. The predicted molar refractivity (Wildman–Crippen MR) is 113 cm³/mol. The van der Waals surface area contributed by atoms with Crippen LogP contribution in [-0.4, -0.2) is 32.9 Å². The van der Waals surface area contributed by atoms with Crippen LogP contribution < -0.4 is 0 Å². The van der Waals surface area contributed by atoms with Crippen LogP contribution in [0.5, 0.6) is 0 Å². The second-order valence-corrected chi connectivity index (χ2v) is 7.75. The summed E-state index contributed by atoms with van der Waals surface area (Å²) >= 11 is 0. The van der Waals surface area contributed by atoms with E-state index in [0.29, 0.717) is 5.92 Å². The normalized spacial score (nSPS) is 17.6. The average molecular weight is 373 g/mol. The first kappa shape index (κ1) is 18.8. The van der Waals surface area contributed by atoms with Gasteiger partial charge < -0.3 is 0 Å². The van der Waals surface area contributed by atoms with E-state index < -0.39 is 0 Å². The molecule has 4 nitrogen and oxygen atoms in total. The van der Waals surface area contributed by atoms with Gasteiger partial charge in [0, 0.05) is 54.6 Å². The molecule has 4 heteroatoms. The molecule has 3 heterocycles. The molecular formula is C24H28N4. The van der Waals surface area contributed by atoms with Gasteiger partial charge in [-0.05, 0) is 44.5 Å². The molecule has 1 aliphatic heterocycles. The molecule has 0 radical (unpaired) electrons. The monoisotopic (exact) mass is 372 g/mol. The van der Waals surface area contributed by atoms with Crippen LogP contribution in [0.2, 0.25) is 0 Å². The van der Waals surface area contributed by atoms with Crippen LogP contribution in [0.4, 0.5) is 0 Å². The third-order valence-corrected chi connectivity index (χ3v) is 5.49. The van der Waals surface area contributed by atoms with Gasteiger partial charge in [-0.3, -0.25) is 9.88 Å². The van der Waals surface area contributed by atoms with Crippen molar-refractivity contribution in [1.29, 1.82) is 0 Å². The topological polar surface area (TPSA) is 41.9 Å². The minimum Gasteiger partial charge on any atom is -0.298 e. The Bertz CT molecular complexity index is 920. The van der Waals surface area contributed by atoms with Gasteiger partial charge >= 0.3 is 0 Å². The van der Waals surface area contributed by atoms with Gasteiger partial charge in [-0.25, -0.2) is 9.97 Å². The van der Waals surface area contributed by atoms with Crippen molar-refractivity contribution in [2.75, 3.05) is 13.1 Å². The van der Waals surface area contributed by atoms with Gasteiger partial charge in [0.2, 0.25) is 0 Å². The molecule has 0 aliphatic carbocycles. The molecule has 3 aromatic rings. The SMILES string of the molecule is CCc1ncc(CN2CCC[C@@H](c3cccc(-c4cccc(C)c4)n3)C2)cn1. The highest BCUT2D eigenvalue weighted by Crippen LogP contribution is 2.28. The molecule has 1 aromatic carbocycles. The lowest BCUT2D eigenvalue weighted by molar-refractivity contribution is 0.198. The Morgan fingerprint density at radius 2 is 1.89 bits per heavy atom. The van der Waals surface area contributed by atoms with Crippen LogP contribution in [0, 0.1) is 6.92 Å². The molecule has 28 heavy (non-hydrogen) atoms. The summed E-state index contributed by atoms with van der Waals surface area (Å²) in [5.74, 6) is 1.40. The molecular weight excluding hydrogens is 344 g/mol. The minimum absolute atomic E-state index is 0.481. The van der Waals surface area contributed by atoms with Gasteiger partial charge in [0.1, 0.15) is 5.82 Å². The molecule has 0 amide bonds. The van der Waals surface area contributed by atoms with E-state index in [1.54, 1.807) is 0 Å². The number of nitrogens with zero attached hydrogens (tertiary/aromatic N) is 4. The van der Waals surface area contributed by atoms with E-state index in [4.69, 9.17) is 4.98 Å². The lowest BCUT2D eigenvalue weighted by Crippen LogP contribution is -2.34. The van der Waals surface area contributed by atoms with Gasteiger partial charge in [-0.15, -0.1) is 0 Å². The fourth-order valence-electron chi connectivity index (χ4n) is 3.99. The molecule has 4 rings (SSSR count). The first-order chi connectivity index (χ1) is 13.7. The van der Waals surface area contributed by atoms with E-state index in [9.17, 15) is 0 Å². The molecule has 1 fully saturated rings. The van der Waals surface area contributed by atoms with Crippen LogP contribution in [0.3, 0.4) is 0 Å². The fourth-order valence-corrected chi connectivity index (χ4v) is 3.99. The Labute approximate surface area is 167 Å². The van der Waals surface area contributed by atoms with Crippen LogP contribution in [-0.2, 0) is 13.0 Å². The highest BCUT2D eigenvalue weighted by atomic mass is 15.1. The van der Waals surface area contributed by atoms with E-state index in [1.807, 2.05) is 12.4 Å². The molecule has 1 atom stereocenters. The van der Waals surface area contributed by atoms with E-state index in [1.165, 1.54) is 35.2 Å². The summed E-state index contributed by atoms with van der Waals surface area (Å²) in [5.41, 5.74) is 5.94. The number of likely N-dealkylation sites (tertiary alicyclic amines) is 1. The number of aromatic nitrogens is 3. The van der Waals surface area contributed by atoms with Gasteiger partial charge in [0.25, 0.3) is 0 Å². The minimum atomic E-state index is 0.481. The number of rotatable bonds is 5. The fraction of sp³-hybridized carbons (Fsp3) is 0.375. The summed E-state index contributed by atoms with van der Waals surface area (Å²) in [4.78, 5) is 16.4. The first-order valence-corrected chi connectivity index (χ1v) is 10.3. The highest BCUT2D eigenvalue weighted by molar-refractivity contribution is 5.60. The molecule has 2 aromatic heterocycles. The van der Waals surface area contributed by atoms with Crippen molar-refractivity contribution in [3.63, 3.8) is 0 Å². The predicted octanol–water partition coefficient (Wildman–Crippen LogP) is 4.79. The quantitative estimate of drug-likeness (QED) is 0.646. The largest absolute Gasteiger partial charge is 0.298 e. The third kappa shape index (κ3) is 4.45.